The van der Waals surface area contributed by atoms with Crippen LogP contribution in [0.5, 0.6) is 0 Å². The third-order valence-electron chi connectivity index (χ3n) is 5.00. The molecule has 1 saturated heterocycles. The third kappa shape index (κ3) is 3.65. The van der Waals surface area contributed by atoms with Crippen molar-refractivity contribution in [2.75, 3.05) is 27.2 Å². The van der Waals surface area contributed by atoms with Crippen LogP contribution in [-0.4, -0.2) is 63.2 Å². The van der Waals surface area contributed by atoms with Crippen LogP contribution in [0.1, 0.15) is 25.0 Å². The summed E-state index contributed by atoms with van der Waals surface area (Å²) in [5, 5.41) is 5.77. The molecule has 1 aromatic heterocycles. The minimum absolute atomic E-state index is 0.0540. The molecule has 2 aliphatic rings. The molecule has 7 nitrogen and oxygen atoms in total. The summed E-state index contributed by atoms with van der Waals surface area (Å²) in [6.07, 6.45) is 3.22. The highest BCUT2D eigenvalue weighted by atomic mass is 32.2. The van der Waals surface area contributed by atoms with Gasteiger partial charge in [0, 0.05) is 24.1 Å². The zero-order valence-electron chi connectivity index (χ0n) is 16.8. The topological polar surface area (TPSA) is 79.8 Å². The second-order valence-electron chi connectivity index (χ2n) is 7.45. The number of carbonyl (C=O) groups is 1. The van der Waals surface area contributed by atoms with Gasteiger partial charge in [0.05, 0.1) is 11.3 Å². The minimum Gasteiger partial charge on any atom is -0.377 e. The molecule has 1 amide bonds. The smallest absolute Gasteiger partial charge is 0.255 e. The number of imidazole rings is 1. The molecular weight excluding hydrogens is 384 g/mol. The lowest BCUT2D eigenvalue weighted by atomic mass is 10.0. The summed E-state index contributed by atoms with van der Waals surface area (Å²) < 4.78 is 1.71. The first-order valence-corrected chi connectivity index (χ1v) is 11.0. The van der Waals surface area contributed by atoms with Gasteiger partial charge in [-0.1, -0.05) is 36.9 Å². The molecule has 1 atom stereocenters. The molecule has 152 valence electrons. The first kappa shape index (κ1) is 19.6. The van der Waals surface area contributed by atoms with Crippen LogP contribution in [0, 0.1) is 0 Å². The van der Waals surface area contributed by atoms with Crippen molar-refractivity contribution in [1.29, 1.82) is 0 Å². The van der Waals surface area contributed by atoms with Crippen LogP contribution in [0.15, 0.2) is 47.2 Å². The predicted octanol–water partition coefficient (Wildman–Crippen LogP) is 2.62. The maximum absolute atomic E-state index is 13.2. The summed E-state index contributed by atoms with van der Waals surface area (Å²) in [6.45, 7) is 5.70. The van der Waals surface area contributed by atoms with E-state index in [1.807, 2.05) is 59.7 Å². The molecule has 2 aliphatic heterocycles. The van der Waals surface area contributed by atoms with Crippen LogP contribution in [0.2, 0.25) is 0 Å². The van der Waals surface area contributed by atoms with Crippen molar-refractivity contribution < 1.29 is 4.79 Å². The zero-order chi connectivity index (χ0) is 20.5. The first-order chi connectivity index (χ1) is 14.0. The lowest BCUT2D eigenvalue weighted by Crippen LogP contribution is -2.36. The van der Waals surface area contributed by atoms with Gasteiger partial charge < -0.3 is 10.6 Å². The number of fused-ring (bicyclic) bond motifs is 1. The van der Waals surface area contributed by atoms with Gasteiger partial charge in [-0.05, 0) is 43.8 Å². The Labute approximate surface area is 173 Å². The molecule has 2 N–H and O–H groups in total. The molecule has 0 spiro atoms. The highest BCUT2D eigenvalue weighted by Crippen LogP contribution is 2.39. The average Bonchev–Trinajstić information content (AvgIpc) is 3.24. The van der Waals surface area contributed by atoms with E-state index in [2.05, 4.69) is 11.7 Å². The highest BCUT2D eigenvalue weighted by Gasteiger charge is 2.32. The van der Waals surface area contributed by atoms with Crippen molar-refractivity contribution in [3.8, 4) is 11.3 Å². The normalized spacial score (nSPS) is 18.8. The van der Waals surface area contributed by atoms with E-state index in [0.29, 0.717) is 16.4 Å². The van der Waals surface area contributed by atoms with Gasteiger partial charge in [-0.3, -0.25) is 9.69 Å². The van der Waals surface area contributed by atoms with Gasteiger partial charge in [0.2, 0.25) is 0 Å². The minimum atomic E-state index is -0.560. The first-order valence-electron chi connectivity index (χ1n) is 9.73. The van der Waals surface area contributed by atoms with E-state index in [0.717, 1.165) is 48.8 Å². The Kier molecular flexibility index (Phi) is 5.38. The summed E-state index contributed by atoms with van der Waals surface area (Å²) in [5.74, 6) is -0.0540. The number of amidine groups is 1. The van der Waals surface area contributed by atoms with Crippen LogP contribution in [0.4, 0.5) is 0 Å². The average molecular weight is 411 g/mol. The van der Waals surface area contributed by atoms with E-state index in [1.54, 1.807) is 4.68 Å². The molecule has 3 heterocycles. The van der Waals surface area contributed by atoms with E-state index >= 15 is 0 Å². The number of amides is 1. The largest absolute Gasteiger partial charge is 0.377 e. The number of piperidine rings is 1. The highest BCUT2D eigenvalue weighted by molar-refractivity contribution is 8.27. The summed E-state index contributed by atoms with van der Waals surface area (Å²) in [5.41, 5.74) is 10.9. The van der Waals surface area contributed by atoms with Crippen molar-refractivity contribution in [2.24, 2.45) is 10.8 Å². The molecule has 0 bridgehead atoms. The summed E-state index contributed by atoms with van der Waals surface area (Å²) in [4.78, 5) is 21.9. The number of carbonyl (C=O) groups excluding carboxylic acids is 1. The lowest BCUT2D eigenvalue weighted by molar-refractivity contribution is -0.125. The quantitative estimate of drug-likeness (QED) is 0.621. The molecular formula is C21H26N6OS. The standard InChI is InChI=1S/C21H26N6OS/c1-15(19(28)26-12-8-5-9-13-26)18-17(16-10-6-4-7-11-16)23-21-27(18)24-20(22)29(21)14-25(2)3/h4,6-7,10-11,14H,1,5,8-9,12-13H2,2-3H3,(H2,22,24). The van der Waals surface area contributed by atoms with Gasteiger partial charge in [-0.2, -0.15) is 0 Å². The molecule has 1 unspecified atom stereocenters. The van der Waals surface area contributed by atoms with Crippen LogP contribution >= 0.6 is 10.5 Å². The van der Waals surface area contributed by atoms with Crippen molar-refractivity contribution in [3.63, 3.8) is 0 Å². The van der Waals surface area contributed by atoms with E-state index in [1.165, 1.54) is 0 Å². The Hall–Kier alpha value is -2.71. The molecule has 0 aliphatic carbocycles. The van der Waals surface area contributed by atoms with Crippen molar-refractivity contribution in [2.45, 2.75) is 24.4 Å². The Morgan fingerprint density at radius 2 is 1.90 bits per heavy atom. The Morgan fingerprint density at radius 1 is 1.21 bits per heavy atom. The molecule has 0 radical (unpaired) electrons. The van der Waals surface area contributed by atoms with E-state index < -0.39 is 10.5 Å². The number of aromatic nitrogens is 2. The lowest BCUT2D eigenvalue weighted by Gasteiger charge is -2.27. The molecule has 4 rings (SSSR count). The fourth-order valence-electron chi connectivity index (χ4n) is 3.63. The number of benzene rings is 1. The summed E-state index contributed by atoms with van der Waals surface area (Å²) in [6, 6.07) is 9.85. The fourth-order valence-corrected chi connectivity index (χ4v) is 5.12. The fraction of sp³-hybridized carbons (Fsp3) is 0.333. The number of hydrogen-bond acceptors (Lipinski definition) is 4. The van der Waals surface area contributed by atoms with Crippen LogP contribution in [0.25, 0.3) is 16.8 Å². The van der Waals surface area contributed by atoms with Gasteiger partial charge >= 0.3 is 0 Å². The summed E-state index contributed by atoms with van der Waals surface area (Å²) >= 11 is 0. The zero-order valence-corrected chi connectivity index (χ0v) is 17.7. The van der Waals surface area contributed by atoms with E-state index in [-0.39, 0.29) is 5.91 Å². The molecule has 2 aromatic rings. The maximum Gasteiger partial charge on any atom is 0.255 e. The molecule has 1 aromatic carbocycles. The van der Waals surface area contributed by atoms with Crippen molar-refractivity contribution >= 4 is 32.6 Å². The van der Waals surface area contributed by atoms with E-state index in [4.69, 9.17) is 10.7 Å². The van der Waals surface area contributed by atoms with Crippen LogP contribution in [0.3, 0.4) is 0 Å². The van der Waals surface area contributed by atoms with Crippen LogP contribution < -0.4 is 5.73 Å². The number of hydrogen-bond donors (Lipinski definition) is 1. The SMILES string of the molecule is C=C(C(=O)N1CCCCC1)c1c(-c2ccccc2)nc2n1N=C(N)S2=CN(C)C. The number of rotatable bonds is 4. The number of nitrogens with zero attached hydrogens (tertiary/aromatic N) is 5. The molecule has 0 saturated carbocycles. The Balaban J connectivity index is 1.84. The number of nitrogens with two attached hydrogens (primary N) is 1. The second-order valence-corrected chi connectivity index (χ2v) is 9.12. The molecule has 1 fully saturated rings. The van der Waals surface area contributed by atoms with Crippen molar-refractivity contribution in [3.05, 3.63) is 42.6 Å². The van der Waals surface area contributed by atoms with Crippen molar-refractivity contribution in [1.82, 2.24) is 19.5 Å². The van der Waals surface area contributed by atoms with Crippen LogP contribution in [-0.2, 0) is 4.79 Å². The van der Waals surface area contributed by atoms with Gasteiger partial charge in [-0.15, -0.1) is 5.10 Å². The van der Waals surface area contributed by atoms with Gasteiger partial charge in [0.15, 0.2) is 10.3 Å². The third-order valence-corrected chi connectivity index (χ3v) is 6.82. The summed E-state index contributed by atoms with van der Waals surface area (Å²) in [7, 11) is 3.34. The second kappa shape index (κ2) is 7.96. The molecule has 8 heteroatoms. The van der Waals surface area contributed by atoms with E-state index in [9.17, 15) is 4.79 Å². The van der Waals surface area contributed by atoms with Gasteiger partial charge in [-0.25, -0.2) is 9.66 Å². The Morgan fingerprint density at radius 3 is 2.55 bits per heavy atom. The predicted molar refractivity (Wildman–Crippen MR) is 120 cm³/mol. The van der Waals surface area contributed by atoms with Gasteiger partial charge in [0.25, 0.3) is 5.91 Å². The Bertz CT molecular complexity index is 1020. The monoisotopic (exact) mass is 410 g/mol. The van der Waals surface area contributed by atoms with Gasteiger partial charge in [0.1, 0.15) is 5.69 Å². The number of likely N-dealkylation sites (tertiary alicyclic amines) is 1. The molecule has 29 heavy (non-hydrogen) atoms. The maximum atomic E-state index is 13.2.